The Bertz CT molecular complexity index is 1290. The number of nitrogens with zero attached hydrogens (tertiary/aromatic N) is 1. The molecular formula is C29H31NO6S. The van der Waals surface area contributed by atoms with Gasteiger partial charge in [-0.1, -0.05) is 41.6 Å². The van der Waals surface area contributed by atoms with Crippen LogP contribution in [0.5, 0.6) is 5.75 Å². The molecule has 0 amide bonds. The highest BCUT2D eigenvalue weighted by atomic mass is 32.1. The standard InChI is InChI=1S/C29H31NO6S/c1-4-33-26(29(32)34-5-2)15-20-6-12-23(13-7-20)35-18-28-19(3)14-27(37-28)22-10-8-21(9-11-22)25-16-24(17-31)36-30-25/h6-14,16,26,31H,4-5,15,17-18H2,1-3H3. The van der Waals surface area contributed by atoms with Gasteiger partial charge < -0.3 is 23.8 Å². The van der Waals surface area contributed by atoms with Gasteiger partial charge >= 0.3 is 5.97 Å². The van der Waals surface area contributed by atoms with Crippen LogP contribution < -0.4 is 4.74 Å². The smallest absolute Gasteiger partial charge is 0.335 e. The summed E-state index contributed by atoms with van der Waals surface area (Å²) in [5.41, 5.74) is 4.91. The number of carbonyl (C=O) groups excluding carboxylic acids is 1. The molecule has 8 heteroatoms. The number of hydrogen-bond acceptors (Lipinski definition) is 8. The summed E-state index contributed by atoms with van der Waals surface area (Å²) in [7, 11) is 0. The third kappa shape index (κ3) is 6.85. The molecule has 0 saturated carbocycles. The van der Waals surface area contributed by atoms with Gasteiger partial charge in [0.1, 0.15) is 24.7 Å². The van der Waals surface area contributed by atoms with Gasteiger partial charge in [0.2, 0.25) is 0 Å². The summed E-state index contributed by atoms with van der Waals surface area (Å²) in [5, 5.41) is 13.2. The first-order valence-corrected chi connectivity index (χ1v) is 13.1. The van der Waals surface area contributed by atoms with Crippen LogP contribution in [-0.2, 0) is 33.9 Å². The first-order chi connectivity index (χ1) is 18.0. The van der Waals surface area contributed by atoms with Crippen molar-refractivity contribution < 1.29 is 28.6 Å². The van der Waals surface area contributed by atoms with E-state index in [0.29, 0.717) is 37.7 Å². The van der Waals surface area contributed by atoms with E-state index in [0.717, 1.165) is 32.2 Å². The SMILES string of the molecule is CCOC(=O)C(Cc1ccc(OCc2sc(-c3ccc(-c4cc(CO)on4)cc3)cc2C)cc1)OCC. The summed E-state index contributed by atoms with van der Waals surface area (Å²) >= 11 is 1.71. The normalized spacial score (nSPS) is 11.9. The maximum Gasteiger partial charge on any atom is 0.335 e. The van der Waals surface area contributed by atoms with Crippen molar-refractivity contribution in [3.05, 3.63) is 82.4 Å². The zero-order valence-corrected chi connectivity index (χ0v) is 22.0. The summed E-state index contributed by atoms with van der Waals surface area (Å²) in [5.74, 6) is 0.872. The second-order valence-corrected chi connectivity index (χ2v) is 9.60. The average Bonchev–Trinajstić information content (AvgIpc) is 3.55. The predicted octanol–water partition coefficient (Wildman–Crippen LogP) is 5.96. The minimum Gasteiger partial charge on any atom is -0.488 e. The van der Waals surface area contributed by atoms with Gasteiger partial charge in [-0.3, -0.25) is 0 Å². The van der Waals surface area contributed by atoms with Gasteiger partial charge in [0, 0.05) is 34.4 Å². The number of aliphatic hydroxyl groups is 1. The highest BCUT2D eigenvalue weighted by Crippen LogP contribution is 2.33. The lowest BCUT2D eigenvalue weighted by Crippen LogP contribution is -2.28. The van der Waals surface area contributed by atoms with E-state index in [1.165, 1.54) is 5.56 Å². The summed E-state index contributed by atoms with van der Waals surface area (Å²) in [4.78, 5) is 14.4. The molecule has 0 aliphatic carbocycles. The molecule has 4 rings (SSSR count). The molecule has 194 valence electrons. The number of benzene rings is 2. The van der Waals surface area contributed by atoms with Gasteiger partial charge in [0.05, 0.1) is 6.61 Å². The summed E-state index contributed by atoms with van der Waals surface area (Å²) in [6.07, 6.45) is -0.148. The molecular weight excluding hydrogens is 490 g/mol. The first kappa shape index (κ1) is 26.6. The first-order valence-electron chi connectivity index (χ1n) is 12.3. The fourth-order valence-electron chi connectivity index (χ4n) is 3.87. The molecule has 1 unspecified atom stereocenters. The number of aliphatic hydroxyl groups excluding tert-OH is 1. The number of carbonyl (C=O) groups is 1. The molecule has 4 aromatic rings. The van der Waals surface area contributed by atoms with Gasteiger partial charge in [-0.15, -0.1) is 11.3 Å². The third-order valence-electron chi connectivity index (χ3n) is 5.83. The lowest BCUT2D eigenvalue weighted by atomic mass is 10.1. The Hall–Kier alpha value is -3.46. The fraction of sp³-hybridized carbons (Fsp3) is 0.310. The summed E-state index contributed by atoms with van der Waals surface area (Å²) < 4.78 is 21.8. The van der Waals surface area contributed by atoms with E-state index in [4.69, 9.17) is 23.8 Å². The number of hydrogen-bond donors (Lipinski definition) is 1. The third-order valence-corrected chi connectivity index (χ3v) is 7.09. The molecule has 1 N–H and O–H groups in total. The monoisotopic (exact) mass is 521 g/mol. The van der Waals surface area contributed by atoms with Crippen molar-refractivity contribution in [3.63, 3.8) is 0 Å². The topological polar surface area (TPSA) is 91.0 Å². The second-order valence-electron chi connectivity index (χ2n) is 8.46. The minimum atomic E-state index is -0.605. The maximum absolute atomic E-state index is 12.1. The molecule has 37 heavy (non-hydrogen) atoms. The molecule has 1 atom stereocenters. The largest absolute Gasteiger partial charge is 0.488 e. The Morgan fingerprint density at radius 1 is 1.03 bits per heavy atom. The number of aromatic nitrogens is 1. The Morgan fingerprint density at radius 3 is 2.41 bits per heavy atom. The van der Waals surface area contributed by atoms with Crippen molar-refractivity contribution in [1.82, 2.24) is 5.16 Å². The molecule has 0 radical (unpaired) electrons. The zero-order valence-electron chi connectivity index (χ0n) is 21.2. The van der Waals surface area contributed by atoms with E-state index in [1.807, 2.05) is 43.3 Å². The fourth-order valence-corrected chi connectivity index (χ4v) is 4.96. The number of rotatable bonds is 12. The van der Waals surface area contributed by atoms with Crippen molar-refractivity contribution in [1.29, 1.82) is 0 Å². The summed E-state index contributed by atoms with van der Waals surface area (Å²) in [6.45, 7) is 6.83. The minimum absolute atomic E-state index is 0.168. The van der Waals surface area contributed by atoms with Crippen molar-refractivity contribution in [2.24, 2.45) is 0 Å². The Kier molecular flexibility index (Phi) is 9.11. The van der Waals surface area contributed by atoms with Crippen LogP contribution in [0.3, 0.4) is 0 Å². The van der Waals surface area contributed by atoms with Crippen LogP contribution >= 0.6 is 11.3 Å². The average molecular weight is 522 g/mol. The Labute approximate surface area is 220 Å². The number of ether oxygens (including phenoxy) is 3. The van der Waals surface area contributed by atoms with Gasteiger partial charge in [0.25, 0.3) is 0 Å². The van der Waals surface area contributed by atoms with Crippen LogP contribution in [0.15, 0.2) is 65.2 Å². The number of thiophene rings is 1. The lowest BCUT2D eigenvalue weighted by molar-refractivity contribution is -0.156. The summed E-state index contributed by atoms with van der Waals surface area (Å²) in [6, 6.07) is 19.8. The van der Waals surface area contributed by atoms with E-state index in [9.17, 15) is 4.79 Å². The molecule has 7 nitrogen and oxygen atoms in total. The van der Waals surface area contributed by atoms with E-state index in [2.05, 4.69) is 30.3 Å². The highest BCUT2D eigenvalue weighted by molar-refractivity contribution is 7.15. The maximum atomic E-state index is 12.1. The molecule has 0 aliphatic heterocycles. The molecule has 2 aromatic heterocycles. The molecule has 0 saturated heterocycles. The Morgan fingerprint density at radius 2 is 1.76 bits per heavy atom. The molecule has 0 fully saturated rings. The highest BCUT2D eigenvalue weighted by Gasteiger charge is 2.20. The molecule has 0 aliphatic rings. The van der Waals surface area contributed by atoms with Crippen LogP contribution in [0.4, 0.5) is 0 Å². The van der Waals surface area contributed by atoms with Crippen LogP contribution in [0.1, 0.15) is 35.6 Å². The van der Waals surface area contributed by atoms with E-state index >= 15 is 0 Å². The molecule has 0 bridgehead atoms. The van der Waals surface area contributed by atoms with E-state index < -0.39 is 6.10 Å². The van der Waals surface area contributed by atoms with Gasteiger partial charge in [-0.2, -0.15) is 0 Å². The number of esters is 1. The van der Waals surface area contributed by atoms with Gasteiger partial charge in [-0.25, -0.2) is 4.79 Å². The molecule has 0 spiro atoms. The van der Waals surface area contributed by atoms with Gasteiger partial charge in [-0.05, 0) is 55.7 Å². The van der Waals surface area contributed by atoms with Crippen molar-refractivity contribution in [3.8, 4) is 27.4 Å². The van der Waals surface area contributed by atoms with Crippen LogP contribution in [-0.4, -0.2) is 35.6 Å². The second kappa shape index (κ2) is 12.7. The molecule has 2 aromatic carbocycles. The van der Waals surface area contributed by atoms with Crippen molar-refractivity contribution in [2.45, 2.75) is 46.5 Å². The molecule has 2 heterocycles. The van der Waals surface area contributed by atoms with Crippen LogP contribution in [0.25, 0.3) is 21.7 Å². The van der Waals surface area contributed by atoms with Gasteiger partial charge in [0.15, 0.2) is 11.9 Å². The lowest BCUT2D eigenvalue weighted by Gasteiger charge is -2.15. The van der Waals surface area contributed by atoms with E-state index in [1.54, 1.807) is 24.3 Å². The predicted molar refractivity (Wildman–Crippen MR) is 142 cm³/mol. The van der Waals surface area contributed by atoms with Crippen molar-refractivity contribution >= 4 is 17.3 Å². The zero-order chi connectivity index (χ0) is 26.2. The Balaban J connectivity index is 1.36. The quantitative estimate of drug-likeness (QED) is 0.230. The van der Waals surface area contributed by atoms with Crippen LogP contribution in [0, 0.1) is 6.92 Å². The number of aryl methyl sites for hydroxylation is 1. The van der Waals surface area contributed by atoms with Crippen LogP contribution in [0.2, 0.25) is 0 Å². The van der Waals surface area contributed by atoms with E-state index in [-0.39, 0.29) is 12.6 Å². The van der Waals surface area contributed by atoms with Crippen molar-refractivity contribution in [2.75, 3.05) is 13.2 Å².